The van der Waals surface area contributed by atoms with Crippen molar-refractivity contribution in [3.63, 3.8) is 0 Å². The average Bonchev–Trinajstić information content (AvgIpc) is 2.63. The standard InChI is InChI=1S/C15H20N6O3S2/c1-4-24-13(23)9-5-10(7-18-20-14(25)16-2)12(22)11(6-9)8-19-21-15(26)17-3/h5-8,22H,4H2,1-3H3,(H2,16,20,25)(H2,17,21,26)/b18-7+,19-8+. The lowest BCUT2D eigenvalue weighted by molar-refractivity contribution is 0.0526. The summed E-state index contributed by atoms with van der Waals surface area (Å²) in [6.45, 7) is 1.93. The number of nitrogens with one attached hydrogen (secondary N) is 4. The van der Waals surface area contributed by atoms with Crippen LogP contribution in [0.1, 0.15) is 28.4 Å². The summed E-state index contributed by atoms with van der Waals surface area (Å²) >= 11 is 9.81. The van der Waals surface area contributed by atoms with E-state index >= 15 is 0 Å². The Morgan fingerprint density at radius 3 is 1.96 bits per heavy atom. The van der Waals surface area contributed by atoms with Crippen molar-refractivity contribution in [3.05, 3.63) is 28.8 Å². The molecule has 1 aromatic carbocycles. The number of ether oxygens (including phenoxy) is 1. The fourth-order valence-corrected chi connectivity index (χ4v) is 1.75. The molecule has 0 heterocycles. The Morgan fingerprint density at radius 1 is 1.12 bits per heavy atom. The Kier molecular flexibility index (Phi) is 8.95. The molecule has 0 bridgehead atoms. The zero-order chi connectivity index (χ0) is 19.5. The number of rotatable bonds is 6. The molecular weight excluding hydrogens is 376 g/mol. The number of phenolic OH excluding ortho intramolecular Hbond substituents is 1. The molecule has 0 aliphatic heterocycles. The molecule has 0 saturated heterocycles. The fraction of sp³-hybridized carbons (Fsp3) is 0.267. The normalized spacial score (nSPS) is 10.6. The molecule has 26 heavy (non-hydrogen) atoms. The average molecular weight is 396 g/mol. The third-order valence-electron chi connectivity index (χ3n) is 2.87. The first kappa shape index (κ1) is 21.3. The van der Waals surface area contributed by atoms with Gasteiger partial charge in [-0.1, -0.05) is 0 Å². The topological polar surface area (TPSA) is 119 Å². The van der Waals surface area contributed by atoms with E-state index in [0.717, 1.165) is 0 Å². The highest BCUT2D eigenvalue weighted by Crippen LogP contribution is 2.22. The van der Waals surface area contributed by atoms with Crippen LogP contribution in [0.4, 0.5) is 0 Å². The smallest absolute Gasteiger partial charge is 0.338 e. The van der Waals surface area contributed by atoms with Gasteiger partial charge in [0.1, 0.15) is 5.75 Å². The molecule has 0 amide bonds. The van der Waals surface area contributed by atoms with E-state index in [1.807, 2.05) is 0 Å². The van der Waals surface area contributed by atoms with Crippen LogP contribution in [0.5, 0.6) is 5.75 Å². The molecule has 11 heteroatoms. The SMILES string of the molecule is CCOC(=O)c1cc(/C=N/NC(=S)NC)c(O)c(/C=N/NC(=S)NC)c1. The van der Waals surface area contributed by atoms with Crippen LogP contribution in [0.3, 0.4) is 0 Å². The summed E-state index contributed by atoms with van der Waals surface area (Å²) in [6, 6.07) is 2.90. The van der Waals surface area contributed by atoms with Crippen LogP contribution in [-0.2, 0) is 4.74 Å². The number of nitrogens with zero attached hydrogens (tertiary/aromatic N) is 2. The first-order chi connectivity index (χ1) is 12.4. The van der Waals surface area contributed by atoms with Gasteiger partial charge in [0.05, 0.1) is 24.6 Å². The molecule has 0 aromatic heterocycles. The van der Waals surface area contributed by atoms with E-state index in [9.17, 15) is 9.90 Å². The number of carbonyl (C=O) groups is 1. The Labute approximate surface area is 161 Å². The summed E-state index contributed by atoms with van der Waals surface area (Å²) in [6.07, 6.45) is 2.65. The van der Waals surface area contributed by atoms with Crippen molar-refractivity contribution in [3.8, 4) is 5.75 Å². The number of phenols is 1. The predicted molar refractivity (Wildman–Crippen MR) is 109 cm³/mol. The van der Waals surface area contributed by atoms with E-state index in [2.05, 4.69) is 31.7 Å². The number of carbonyl (C=O) groups excluding carboxylic acids is 1. The molecule has 0 aliphatic carbocycles. The summed E-state index contributed by atoms with van der Waals surface area (Å²) in [5.41, 5.74) is 5.91. The molecule has 5 N–H and O–H groups in total. The number of esters is 1. The van der Waals surface area contributed by atoms with E-state index in [0.29, 0.717) is 10.2 Å². The van der Waals surface area contributed by atoms with Crippen molar-refractivity contribution in [1.29, 1.82) is 0 Å². The minimum Gasteiger partial charge on any atom is -0.507 e. The quantitative estimate of drug-likeness (QED) is 0.202. The number of hydrogen-bond donors (Lipinski definition) is 5. The highest BCUT2D eigenvalue weighted by Gasteiger charge is 2.13. The van der Waals surface area contributed by atoms with Crippen LogP contribution >= 0.6 is 24.4 Å². The van der Waals surface area contributed by atoms with Gasteiger partial charge in [-0.25, -0.2) is 4.79 Å². The molecule has 0 saturated carbocycles. The number of hydrazone groups is 2. The van der Waals surface area contributed by atoms with Crippen LogP contribution in [0, 0.1) is 0 Å². The third kappa shape index (κ3) is 6.61. The van der Waals surface area contributed by atoms with Gasteiger partial charge in [-0.2, -0.15) is 10.2 Å². The minimum atomic E-state index is -0.533. The highest BCUT2D eigenvalue weighted by atomic mass is 32.1. The molecule has 0 fully saturated rings. The summed E-state index contributed by atoms with van der Waals surface area (Å²) in [5, 5.41) is 24.2. The number of benzene rings is 1. The molecule has 0 unspecified atom stereocenters. The number of aromatic hydroxyl groups is 1. The highest BCUT2D eigenvalue weighted by molar-refractivity contribution is 7.80. The Hall–Kier alpha value is -2.79. The van der Waals surface area contributed by atoms with Gasteiger partial charge in [0.25, 0.3) is 0 Å². The molecule has 0 spiro atoms. The number of hydrogen-bond acceptors (Lipinski definition) is 7. The van der Waals surface area contributed by atoms with Gasteiger partial charge in [0, 0.05) is 25.2 Å². The second-order valence-corrected chi connectivity index (χ2v) is 5.44. The summed E-state index contributed by atoms with van der Waals surface area (Å²) in [4.78, 5) is 12.0. The summed E-state index contributed by atoms with van der Waals surface area (Å²) in [5.74, 6) is -0.658. The van der Waals surface area contributed by atoms with Gasteiger partial charge >= 0.3 is 5.97 Å². The van der Waals surface area contributed by atoms with E-state index in [1.165, 1.54) is 24.6 Å². The van der Waals surface area contributed by atoms with Crippen molar-refractivity contribution in [2.45, 2.75) is 6.92 Å². The molecule has 0 aliphatic rings. The lowest BCUT2D eigenvalue weighted by Gasteiger charge is -2.08. The first-order valence-corrected chi connectivity index (χ1v) is 8.30. The van der Waals surface area contributed by atoms with Crippen LogP contribution in [0.2, 0.25) is 0 Å². The van der Waals surface area contributed by atoms with Crippen molar-refractivity contribution >= 4 is 53.1 Å². The summed E-state index contributed by atoms with van der Waals surface area (Å²) < 4.78 is 5.00. The zero-order valence-corrected chi connectivity index (χ0v) is 16.1. The second kappa shape index (κ2) is 10.9. The van der Waals surface area contributed by atoms with Crippen LogP contribution in [0.15, 0.2) is 22.3 Å². The van der Waals surface area contributed by atoms with Gasteiger partial charge in [-0.05, 0) is 43.5 Å². The first-order valence-electron chi connectivity index (χ1n) is 7.48. The maximum absolute atomic E-state index is 12.0. The van der Waals surface area contributed by atoms with E-state index in [-0.39, 0.29) is 29.0 Å². The van der Waals surface area contributed by atoms with Gasteiger partial charge in [-0.3, -0.25) is 10.9 Å². The lowest BCUT2D eigenvalue weighted by Crippen LogP contribution is -2.28. The Balaban J connectivity index is 3.19. The lowest BCUT2D eigenvalue weighted by atomic mass is 10.0. The van der Waals surface area contributed by atoms with E-state index < -0.39 is 5.97 Å². The third-order valence-corrected chi connectivity index (χ3v) is 3.46. The molecule has 140 valence electrons. The van der Waals surface area contributed by atoms with Crippen molar-refractivity contribution in [2.75, 3.05) is 20.7 Å². The fourth-order valence-electron chi connectivity index (χ4n) is 1.64. The second-order valence-electron chi connectivity index (χ2n) is 4.62. The van der Waals surface area contributed by atoms with Gasteiger partial charge < -0.3 is 20.5 Å². The number of thiocarbonyl (C=S) groups is 2. The molecule has 0 radical (unpaired) electrons. The minimum absolute atomic E-state index is 0.125. The van der Waals surface area contributed by atoms with E-state index in [1.54, 1.807) is 21.0 Å². The zero-order valence-electron chi connectivity index (χ0n) is 14.5. The molecule has 1 aromatic rings. The molecule has 9 nitrogen and oxygen atoms in total. The summed E-state index contributed by atoms with van der Waals surface area (Å²) in [7, 11) is 3.28. The van der Waals surface area contributed by atoms with Gasteiger partial charge in [0.15, 0.2) is 10.2 Å². The van der Waals surface area contributed by atoms with Gasteiger partial charge in [-0.15, -0.1) is 0 Å². The molecular formula is C15H20N6O3S2. The van der Waals surface area contributed by atoms with Crippen molar-refractivity contribution in [1.82, 2.24) is 21.5 Å². The molecule has 0 atom stereocenters. The van der Waals surface area contributed by atoms with Crippen molar-refractivity contribution in [2.24, 2.45) is 10.2 Å². The largest absolute Gasteiger partial charge is 0.507 e. The van der Waals surface area contributed by atoms with Crippen molar-refractivity contribution < 1.29 is 14.6 Å². The van der Waals surface area contributed by atoms with Crippen LogP contribution in [0.25, 0.3) is 0 Å². The Morgan fingerprint density at radius 2 is 1.58 bits per heavy atom. The maximum Gasteiger partial charge on any atom is 0.338 e. The maximum atomic E-state index is 12.0. The van der Waals surface area contributed by atoms with Crippen LogP contribution in [-0.4, -0.2) is 54.4 Å². The predicted octanol–water partition coefficient (Wildman–Crippen LogP) is 0.424. The monoisotopic (exact) mass is 396 g/mol. The molecule has 1 rings (SSSR count). The Bertz CT molecular complexity index is 687. The van der Waals surface area contributed by atoms with E-state index in [4.69, 9.17) is 29.2 Å². The van der Waals surface area contributed by atoms with Crippen LogP contribution < -0.4 is 21.5 Å². The van der Waals surface area contributed by atoms with Gasteiger partial charge in [0.2, 0.25) is 0 Å².